The van der Waals surface area contributed by atoms with Gasteiger partial charge in [0.2, 0.25) is 0 Å². The number of aryl methyl sites for hydroxylation is 2. The van der Waals surface area contributed by atoms with Crippen molar-refractivity contribution in [3.05, 3.63) is 17.5 Å². The van der Waals surface area contributed by atoms with E-state index < -0.39 is 18.6 Å². The van der Waals surface area contributed by atoms with Gasteiger partial charge in [0.15, 0.2) is 0 Å². The molecule has 0 amide bonds. The molecule has 0 N–H and O–H groups in total. The van der Waals surface area contributed by atoms with Crippen LogP contribution in [0.15, 0.2) is 6.07 Å². The van der Waals surface area contributed by atoms with Crippen LogP contribution in [0.3, 0.4) is 0 Å². The Labute approximate surface area is 96.4 Å². The summed E-state index contributed by atoms with van der Waals surface area (Å²) in [6, 6.07) is 1.44. The first-order valence-corrected chi connectivity index (χ1v) is 5.09. The number of rotatable bonds is 2. The number of hydrogen-bond acceptors (Lipinski definition) is 1. The minimum atomic E-state index is -5.54. The molecular weight excluding hydrogens is 243 g/mol. The van der Waals surface area contributed by atoms with E-state index in [1.165, 1.54) is 19.9 Å². The van der Waals surface area contributed by atoms with Crippen LogP contribution < -0.4 is 0 Å². The van der Waals surface area contributed by atoms with Crippen LogP contribution in [-0.2, 0) is 6.54 Å². The molecule has 0 unspecified atom stereocenters. The Morgan fingerprint density at radius 2 is 1.59 bits per heavy atom. The summed E-state index contributed by atoms with van der Waals surface area (Å²) in [5.41, 5.74) is 0.682. The summed E-state index contributed by atoms with van der Waals surface area (Å²) in [6.07, 6.45) is -5.54. The van der Waals surface area contributed by atoms with Gasteiger partial charge < -0.3 is 0 Å². The number of alkyl halides is 5. The van der Waals surface area contributed by atoms with Gasteiger partial charge in [-0.1, -0.05) is 13.8 Å². The van der Waals surface area contributed by atoms with Gasteiger partial charge in [-0.3, -0.25) is 4.68 Å². The third kappa shape index (κ3) is 3.98. The molecule has 0 saturated heterocycles. The fourth-order valence-corrected chi connectivity index (χ4v) is 1.11. The van der Waals surface area contributed by atoms with E-state index in [-0.39, 0.29) is 5.69 Å². The van der Waals surface area contributed by atoms with Crippen LogP contribution in [0.2, 0.25) is 0 Å². The van der Waals surface area contributed by atoms with Crippen molar-refractivity contribution in [3.8, 4) is 0 Å². The second-order valence-corrected chi connectivity index (χ2v) is 3.29. The zero-order valence-corrected chi connectivity index (χ0v) is 10.1. The van der Waals surface area contributed by atoms with Crippen LogP contribution in [0.1, 0.15) is 25.2 Å². The second-order valence-electron chi connectivity index (χ2n) is 3.29. The molecule has 1 aromatic rings. The number of halogens is 5. The van der Waals surface area contributed by atoms with E-state index in [4.69, 9.17) is 0 Å². The Balaban J connectivity index is 0.00000121. The average molecular weight is 258 g/mol. The normalized spacial score (nSPS) is 12.1. The molecule has 17 heavy (non-hydrogen) atoms. The molecule has 0 aliphatic heterocycles. The second kappa shape index (κ2) is 5.46. The molecule has 0 radical (unpaired) electrons. The van der Waals surface area contributed by atoms with E-state index in [0.29, 0.717) is 10.4 Å². The standard InChI is InChI=1S/C8H9F5N2.C2H6/c1-5-3-6(2)15(14-5)4-7(9,10)8(11,12)13;1-2/h3H,4H2,1-2H3;1-2H3. The minimum Gasteiger partial charge on any atom is -0.263 e. The lowest BCUT2D eigenvalue weighted by Crippen LogP contribution is -2.40. The van der Waals surface area contributed by atoms with Crippen molar-refractivity contribution in [1.29, 1.82) is 0 Å². The molecule has 1 aromatic heterocycles. The molecule has 100 valence electrons. The Bertz CT molecular complexity index is 354. The summed E-state index contributed by atoms with van der Waals surface area (Å²) >= 11 is 0. The van der Waals surface area contributed by atoms with Crippen molar-refractivity contribution in [2.75, 3.05) is 0 Å². The highest BCUT2D eigenvalue weighted by molar-refractivity contribution is 5.07. The highest BCUT2D eigenvalue weighted by Gasteiger charge is 2.57. The number of nitrogens with zero attached hydrogens (tertiary/aromatic N) is 2. The summed E-state index contributed by atoms with van der Waals surface area (Å²) in [7, 11) is 0. The monoisotopic (exact) mass is 258 g/mol. The predicted molar refractivity (Wildman–Crippen MR) is 54.1 cm³/mol. The largest absolute Gasteiger partial charge is 0.455 e. The van der Waals surface area contributed by atoms with Crippen molar-refractivity contribution in [3.63, 3.8) is 0 Å². The third-order valence-corrected chi connectivity index (χ3v) is 1.87. The van der Waals surface area contributed by atoms with Gasteiger partial charge in [0, 0.05) is 5.69 Å². The lowest BCUT2D eigenvalue weighted by Gasteiger charge is -2.19. The van der Waals surface area contributed by atoms with E-state index >= 15 is 0 Å². The lowest BCUT2D eigenvalue weighted by atomic mass is 10.3. The van der Waals surface area contributed by atoms with Gasteiger partial charge in [-0.25, -0.2) is 0 Å². The maximum atomic E-state index is 12.6. The van der Waals surface area contributed by atoms with Crippen LogP contribution in [0.25, 0.3) is 0 Å². The first kappa shape index (κ1) is 15.9. The Hall–Kier alpha value is -1.14. The van der Waals surface area contributed by atoms with Crippen molar-refractivity contribution in [1.82, 2.24) is 9.78 Å². The number of hydrogen-bond donors (Lipinski definition) is 0. The predicted octanol–water partition coefficient (Wildman–Crippen LogP) is 3.72. The van der Waals surface area contributed by atoms with Crippen molar-refractivity contribution < 1.29 is 22.0 Å². The van der Waals surface area contributed by atoms with Crippen molar-refractivity contribution in [2.45, 2.75) is 46.3 Å². The smallest absolute Gasteiger partial charge is 0.263 e. The molecule has 2 nitrogen and oxygen atoms in total. The van der Waals surface area contributed by atoms with Gasteiger partial charge in [-0.15, -0.1) is 0 Å². The fourth-order valence-electron chi connectivity index (χ4n) is 1.11. The third-order valence-electron chi connectivity index (χ3n) is 1.87. The molecular formula is C10H15F5N2. The Morgan fingerprint density at radius 1 is 1.12 bits per heavy atom. The molecule has 0 fully saturated rings. The van der Waals surface area contributed by atoms with Crippen LogP contribution >= 0.6 is 0 Å². The van der Waals surface area contributed by atoms with E-state index in [1.807, 2.05) is 13.8 Å². The van der Waals surface area contributed by atoms with Gasteiger partial charge in [0.25, 0.3) is 0 Å². The summed E-state index contributed by atoms with van der Waals surface area (Å²) in [4.78, 5) is 0. The van der Waals surface area contributed by atoms with Gasteiger partial charge in [0.1, 0.15) is 6.54 Å². The summed E-state index contributed by atoms with van der Waals surface area (Å²) in [5.74, 6) is -4.75. The van der Waals surface area contributed by atoms with E-state index in [1.54, 1.807) is 0 Å². The highest BCUT2D eigenvalue weighted by Crippen LogP contribution is 2.36. The molecule has 0 atom stereocenters. The van der Waals surface area contributed by atoms with Gasteiger partial charge in [-0.2, -0.15) is 27.1 Å². The molecule has 0 aliphatic carbocycles. The number of aromatic nitrogens is 2. The van der Waals surface area contributed by atoms with Crippen molar-refractivity contribution >= 4 is 0 Å². The van der Waals surface area contributed by atoms with E-state index in [2.05, 4.69) is 5.10 Å². The minimum absolute atomic E-state index is 0.274. The SMILES string of the molecule is CC.Cc1cc(C)n(CC(F)(F)C(F)(F)F)n1. The summed E-state index contributed by atoms with van der Waals surface area (Å²) in [5, 5.41) is 3.55. The zero-order chi connectivity index (χ0) is 13.9. The van der Waals surface area contributed by atoms with Crippen LogP contribution in [0.4, 0.5) is 22.0 Å². The molecule has 1 rings (SSSR count). The topological polar surface area (TPSA) is 17.8 Å². The Morgan fingerprint density at radius 3 is 1.88 bits per heavy atom. The molecule has 0 saturated carbocycles. The summed E-state index contributed by atoms with van der Waals surface area (Å²) < 4.78 is 61.5. The average Bonchev–Trinajstić information content (AvgIpc) is 2.46. The molecule has 0 aliphatic rings. The van der Waals surface area contributed by atoms with Crippen LogP contribution in [-0.4, -0.2) is 21.9 Å². The fraction of sp³-hybridized carbons (Fsp3) is 0.700. The molecule has 1 heterocycles. The van der Waals surface area contributed by atoms with Gasteiger partial charge >= 0.3 is 12.1 Å². The highest BCUT2D eigenvalue weighted by atomic mass is 19.4. The van der Waals surface area contributed by atoms with E-state index in [0.717, 1.165) is 0 Å². The Kier molecular flexibility index (Phi) is 5.10. The molecule has 7 heteroatoms. The van der Waals surface area contributed by atoms with Gasteiger partial charge in [0.05, 0.1) is 5.69 Å². The first-order chi connectivity index (χ1) is 7.63. The zero-order valence-electron chi connectivity index (χ0n) is 10.1. The lowest BCUT2D eigenvalue weighted by molar-refractivity contribution is -0.287. The van der Waals surface area contributed by atoms with Crippen molar-refractivity contribution in [2.24, 2.45) is 0 Å². The van der Waals surface area contributed by atoms with E-state index in [9.17, 15) is 22.0 Å². The van der Waals surface area contributed by atoms with Crippen LogP contribution in [0, 0.1) is 13.8 Å². The molecule has 0 bridgehead atoms. The summed E-state index contributed by atoms with van der Waals surface area (Å²) in [6.45, 7) is 5.47. The maximum Gasteiger partial charge on any atom is 0.455 e. The quantitative estimate of drug-likeness (QED) is 0.739. The molecule has 0 spiro atoms. The van der Waals surface area contributed by atoms with Gasteiger partial charge in [-0.05, 0) is 19.9 Å². The molecule has 0 aromatic carbocycles. The maximum absolute atomic E-state index is 12.6. The van der Waals surface area contributed by atoms with Crippen LogP contribution in [0.5, 0.6) is 0 Å². The first-order valence-electron chi connectivity index (χ1n) is 5.09.